The van der Waals surface area contributed by atoms with E-state index in [1.807, 2.05) is 20.8 Å². The number of hydrogen-bond donors (Lipinski definition) is 2. The first-order valence-electron chi connectivity index (χ1n) is 7.56. The van der Waals surface area contributed by atoms with Crippen molar-refractivity contribution in [2.45, 2.75) is 40.0 Å². The van der Waals surface area contributed by atoms with Crippen LogP contribution in [0.1, 0.15) is 40.0 Å². The van der Waals surface area contributed by atoms with Crippen LogP contribution in [0, 0.1) is 22.1 Å². The number of nitrogens with zero attached hydrogens (tertiary/aromatic N) is 1. The highest BCUT2D eigenvalue weighted by atomic mass is 19.1. The second-order valence-corrected chi connectivity index (χ2v) is 7.20. The van der Waals surface area contributed by atoms with Crippen molar-refractivity contribution in [3.05, 3.63) is 30.1 Å². The molecule has 2 fully saturated rings. The van der Waals surface area contributed by atoms with Crippen molar-refractivity contribution >= 4 is 17.3 Å². The zero-order valence-electron chi connectivity index (χ0n) is 13.1. The van der Waals surface area contributed by atoms with Gasteiger partial charge in [0.1, 0.15) is 5.82 Å². The number of para-hydroxylation sites is 1. The van der Waals surface area contributed by atoms with Crippen LogP contribution < -0.4 is 5.32 Å². The van der Waals surface area contributed by atoms with E-state index in [9.17, 15) is 14.4 Å². The molecule has 2 N–H and O–H groups in total. The quantitative estimate of drug-likeness (QED) is 0.644. The molecule has 2 unspecified atom stereocenters. The highest BCUT2D eigenvalue weighted by Crippen LogP contribution is 2.71. The Labute approximate surface area is 129 Å². The molecular formula is C17H21FN2O2. The van der Waals surface area contributed by atoms with Crippen LogP contribution in [0.4, 0.5) is 10.1 Å². The summed E-state index contributed by atoms with van der Waals surface area (Å²) in [6, 6.07) is 6.16. The third kappa shape index (κ3) is 1.62. The van der Waals surface area contributed by atoms with Gasteiger partial charge in [-0.05, 0) is 30.4 Å². The number of oxime groups is 1. The van der Waals surface area contributed by atoms with Gasteiger partial charge in [-0.25, -0.2) is 4.39 Å². The van der Waals surface area contributed by atoms with E-state index in [0.29, 0.717) is 12.1 Å². The SMILES string of the molecule is CC12CCC(C(=O)Nc3ccccc3F)(C/C1=N\O)C2(C)C. The Morgan fingerprint density at radius 3 is 2.55 bits per heavy atom. The van der Waals surface area contributed by atoms with Gasteiger partial charge >= 0.3 is 0 Å². The summed E-state index contributed by atoms with van der Waals surface area (Å²) in [6.07, 6.45) is 1.94. The number of anilines is 1. The van der Waals surface area contributed by atoms with Crippen LogP contribution >= 0.6 is 0 Å². The fourth-order valence-corrected chi connectivity index (χ4v) is 4.34. The first-order chi connectivity index (χ1) is 10.3. The first kappa shape index (κ1) is 15.0. The van der Waals surface area contributed by atoms with E-state index in [1.165, 1.54) is 6.07 Å². The summed E-state index contributed by atoms with van der Waals surface area (Å²) < 4.78 is 13.8. The maximum absolute atomic E-state index is 13.8. The molecule has 0 aliphatic heterocycles. The number of nitrogens with one attached hydrogen (secondary N) is 1. The average Bonchev–Trinajstić information content (AvgIpc) is 2.79. The van der Waals surface area contributed by atoms with E-state index in [1.54, 1.807) is 18.2 Å². The molecule has 2 atom stereocenters. The second kappa shape index (κ2) is 4.54. The minimum Gasteiger partial charge on any atom is -0.411 e. The van der Waals surface area contributed by atoms with Crippen LogP contribution in [-0.2, 0) is 4.79 Å². The molecule has 4 nitrogen and oxygen atoms in total. The normalized spacial score (nSPS) is 34.1. The maximum atomic E-state index is 13.8. The Morgan fingerprint density at radius 2 is 1.95 bits per heavy atom. The van der Waals surface area contributed by atoms with Gasteiger partial charge in [-0.3, -0.25) is 4.79 Å². The number of hydrogen-bond acceptors (Lipinski definition) is 3. The van der Waals surface area contributed by atoms with Crippen LogP contribution in [0.2, 0.25) is 0 Å². The van der Waals surface area contributed by atoms with Gasteiger partial charge in [0.05, 0.1) is 16.8 Å². The molecule has 2 bridgehead atoms. The molecule has 1 aromatic carbocycles. The average molecular weight is 304 g/mol. The molecule has 2 aliphatic carbocycles. The van der Waals surface area contributed by atoms with Gasteiger partial charge in [0, 0.05) is 11.8 Å². The van der Waals surface area contributed by atoms with Crippen LogP contribution in [0.15, 0.2) is 29.4 Å². The Hall–Kier alpha value is -1.91. The van der Waals surface area contributed by atoms with E-state index < -0.39 is 11.2 Å². The number of amides is 1. The standard InChI is InChI=1S/C17H21FN2O2/c1-15(2)16(3)8-9-17(15,10-13(16)20-22)14(21)19-12-7-5-4-6-11(12)18/h4-7,22H,8-10H2,1-3H3,(H,19,21)/b20-13+. The highest BCUT2D eigenvalue weighted by molar-refractivity contribution is 6.06. The van der Waals surface area contributed by atoms with Gasteiger partial charge in [-0.2, -0.15) is 0 Å². The number of rotatable bonds is 2. The summed E-state index contributed by atoms with van der Waals surface area (Å²) in [6.45, 7) is 6.13. The fourth-order valence-electron chi connectivity index (χ4n) is 4.34. The Balaban J connectivity index is 1.98. The molecule has 2 aliphatic rings. The van der Waals surface area contributed by atoms with Crippen molar-refractivity contribution in [3.8, 4) is 0 Å². The van der Waals surface area contributed by atoms with Gasteiger partial charge in [0.15, 0.2) is 0 Å². The summed E-state index contributed by atoms with van der Waals surface area (Å²) in [4.78, 5) is 13.0. The zero-order valence-corrected chi connectivity index (χ0v) is 13.1. The minimum absolute atomic E-state index is 0.190. The number of carbonyl (C=O) groups excluding carboxylic acids is 1. The second-order valence-electron chi connectivity index (χ2n) is 7.20. The van der Waals surface area contributed by atoms with Gasteiger partial charge in [0.25, 0.3) is 0 Å². The van der Waals surface area contributed by atoms with Crippen molar-refractivity contribution < 1.29 is 14.4 Å². The molecule has 0 aromatic heterocycles. The van der Waals surface area contributed by atoms with Gasteiger partial charge in [0.2, 0.25) is 5.91 Å². The van der Waals surface area contributed by atoms with E-state index in [0.717, 1.165) is 12.8 Å². The molecule has 2 saturated carbocycles. The number of carbonyl (C=O) groups is 1. The molecule has 22 heavy (non-hydrogen) atoms. The lowest BCUT2D eigenvalue weighted by molar-refractivity contribution is -0.130. The Bertz CT molecular complexity index is 670. The van der Waals surface area contributed by atoms with E-state index in [-0.39, 0.29) is 22.4 Å². The van der Waals surface area contributed by atoms with Crippen LogP contribution in [0.5, 0.6) is 0 Å². The molecular weight excluding hydrogens is 283 g/mol. The van der Waals surface area contributed by atoms with Crippen LogP contribution in [0.3, 0.4) is 0 Å². The Morgan fingerprint density at radius 1 is 1.27 bits per heavy atom. The van der Waals surface area contributed by atoms with E-state index >= 15 is 0 Å². The van der Waals surface area contributed by atoms with Crippen LogP contribution in [0.25, 0.3) is 0 Å². The molecule has 3 rings (SSSR count). The Kier molecular flexibility index (Phi) is 3.10. The van der Waals surface area contributed by atoms with Gasteiger partial charge in [-0.1, -0.05) is 38.1 Å². The van der Waals surface area contributed by atoms with Crippen molar-refractivity contribution in [1.29, 1.82) is 0 Å². The maximum Gasteiger partial charge on any atom is 0.231 e. The van der Waals surface area contributed by atoms with Gasteiger partial charge in [-0.15, -0.1) is 0 Å². The first-order valence-corrected chi connectivity index (χ1v) is 7.56. The minimum atomic E-state index is -0.661. The molecule has 0 spiro atoms. The molecule has 5 heteroatoms. The molecule has 0 saturated heterocycles. The summed E-state index contributed by atoms with van der Waals surface area (Å²) in [5.74, 6) is -0.634. The predicted molar refractivity (Wildman–Crippen MR) is 82.4 cm³/mol. The van der Waals surface area contributed by atoms with E-state index in [2.05, 4.69) is 10.5 Å². The summed E-state index contributed by atoms with van der Waals surface area (Å²) in [7, 11) is 0. The monoisotopic (exact) mass is 304 g/mol. The lowest BCUT2D eigenvalue weighted by Crippen LogP contribution is -2.43. The lowest BCUT2D eigenvalue weighted by atomic mass is 9.64. The van der Waals surface area contributed by atoms with Crippen molar-refractivity contribution in [2.75, 3.05) is 5.32 Å². The van der Waals surface area contributed by atoms with Gasteiger partial charge < -0.3 is 10.5 Å². The molecule has 0 heterocycles. The zero-order chi connectivity index (χ0) is 16.2. The van der Waals surface area contributed by atoms with Crippen molar-refractivity contribution in [3.63, 3.8) is 0 Å². The smallest absolute Gasteiger partial charge is 0.231 e. The third-order valence-electron chi connectivity index (χ3n) is 6.41. The summed E-state index contributed by atoms with van der Waals surface area (Å²) >= 11 is 0. The third-order valence-corrected chi connectivity index (χ3v) is 6.41. The lowest BCUT2D eigenvalue weighted by Gasteiger charge is -2.39. The highest BCUT2D eigenvalue weighted by Gasteiger charge is 2.71. The summed E-state index contributed by atoms with van der Waals surface area (Å²) in [5, 5.41) is 15.5. The summed E-state index contributed by atoms with van der Waals surface area (Å²) in [5.41, 5.74) is -0.440. The largest absolute Gasteiger partial charge is 0.411 e. The molecule has 0 radical (unpaired) electrons. The predicted octanol–water partition coefficient (Wildman–Crippen LogP) is 3.81. The van der Waals surface area contributed by atoms with Crippen LogP contribution in [-0.4, -0.2) is 16.8 Å². The number of halogens is 1. The van der Waals surface area contributed by atoms with Crippen molar-refractivity contribution in [2.24, 2.45) is 21.4 Å². The van der Waals surface area contributed by atoms with Crippen molar-refractivity contribution in [1.82, 2.24) is 0 Å². The molecule has 1 amide bonds. The van der Waals surface area contributed by atoms with E-state index in [4.69, 9.17) is 0 Å². The number of fused-ring (bicyclic) bond motifs is 2. The topological polar surface area (TPSA) is 61.7 Å². The fraction of sp³-hybridized carbons (Fsp3) is 0.529. The number of benzene rings is 1. The molecule has 1 aromatic rings. The molecule has 118 valence electrons.